The van der Waals surface area contributed by atoms with Gasteiger partial charge in [-0.1, -0.05) is 18.2 Å². The molecule has 1 aromatic carbocycles. The van der Waals surface area contributed by atoms with Gasteiger partial charge in [-0.2, -0.15) is 0 Å². The standard InChI is InChI=1S/C21H21N3O4/c25-20(13-8-9-22-19(11-13)28-15-4-3-5-15)24-18(21(26)27)10-14-12-23-17-7-2-1-6-16(14)17/h1-2,6-9,11-12,15,18,23H,3-5,10H2,(H,24,25)(H,26,27). The fourth-order valence-electron chi connectivity index (χ4n) is 3.24. The average Bonchev–Trinajstić information content (AvgIpc) is 3.07. The molecule has 4 rings (SSSR count). The summed E-state index contributed by atoms with van der Waals surface area (Å²) in [5, 5.41) is 13.1. The highest BCUT2D eigenvalue weighted by Crippen LogP contribution is 2.24. The first-order valence-electron chi connectivity index (χ1n) is 9.31. The molecule has 144 valence electrons. The SMILES string of the molecule is O=C(NC(Cc1c[nH]c2ccccc12)C(=O)O)c1ccnc(OC2CCC2)c1. The van der Waals surface area contributed by atoms with Crippen LogP contribution in [0.5, 0.6) is 5.88 Å². The van der Waals surface area contributed by atoms with Crippen molar-refractivity contribution in [1.82, 2.24) is 15.3 Å². The summed E-state index contributed by atoms with van der Waals surface area (Å²) in [5.41, 5.74) is 2.10. The second kappa shape index (κ2) is 7.72. The minimum atomic E-state index is -1.08. The Labute approximate surface area is 161 Å². The molecule has 28 heavy (non-hydrogen) atoms. The first kappa shape index (κ1) is 18.0. The summed E-state index contributed by atoms with van der Waals surface area (Å²) >= 11 is 0. The molecule has 1 saturated carbocycles. The minimum Gasteiger partial charge on any atom is -0.480 e. The van der Waals surface area contributed by atoms with Crippen molar-refractivity contribution in [2.24, 2.45) is 0 Å². The van der Waals surface area contributed by atoms with Crippen LogP contribution in [0.2, 0.25) is 0 Å². The Morgan fingerprint density at radius 2 is 2.11 bits per heavy atom. The number of aromatic amines is 1. The summed E-state index contributed by atoms with van der Waals surface area (Å²) in [6.45, 7) is 0. The number of ether oxygens (including phenoxy) is 1. The van der Waals surface area contributed by atoms with Crippen molar-refractivity contribution < 1.29 is 19.4 Å². The predicted octanol–water partition coefficient (Wildman–Crippen LogP) is 2.92. The number of carbonyl (C=O) groups is 2. The zero-order chi connectivity index (χ0) is 19.5. The number of aromatic nitrogens is 2. The molecule has 0 aliphatic heterocycles. The lowest BCUT2D eigenvalue weighted by atomic mass is 9.96. The van der Waals surface area contributed by atoms with Gasteiger partial charge in [0.15, 0.2) is 0 Å². The van der Waals surface area contributed by atoms with Crippen molar-refractivity contribution in [1.29, 1.82) is 0 Å². The van der Waals surface area contributed by atoms with E-state index in [0.717, 1.165) is 35.7 Å². The Hall–Kier alpha value is -3.35. The Kier molecular flexibility index (Phi) is 4.97. The molecule has 3 N–H and O–H groups in total. The normalized spacial score (nSPS) is 15.0. The molecule has 3 aromatic rings. The van der Waals surface area contributed by atoms with Gasteiger partial charge in [0, 0.05) is 41.3 Å². The second-order valence-corrected chi connectivity index (χ2v) is 6.98. The number of amides is 1. The number of carboxylic acid groups (broad SMARTS) is 1. The van der Waals surface area contributed by atoms with Crippen LogP contribution in [0.25, 0.3) is 10.9 Å². The quantitative estimate of drug-likeness (QED) is 0.585. The molecule has 7 nitrogen and oxygen atoms in total. The number of pyridine rings is 1. The van der Waals surface area contributed by atoms with Crippen LogP contribution in [0.1, 0.15) is 35.2 Å². The van der Waals surface area contributed by atoms with E-state index in [2.05, 4.69) is 15.3 Å². The van der Waals surface area contributed by atoms with Gasteiger partial charge < -0.3 is 20.1 Å². The van der Waals surface area contributed by atoms with Gasteiger partial charge >= 0.3 is 5.97 Å². The number of rotatable bonds is 7. The zero-order valence-corrected chi connectivity index (χ0v) is 15.2. The smallest absolute Gasteiger partial charge is 0.326 e. The van der Waals surface area contributed by atoms with E-state index in [0.29, 0.717) is 11.4 Å². The number of nitrogens with one attached hydrogen (secondary N) is 2. The third kappa shape index (κ3) is 3.83. The Morgan fingerprint density at radius 1 is 1.29 bits per heavy atom. The molecule has 1 aliphatic rings. The van der Waals surface area contributed by atoms with E-state index in [4.69, 9.17) is 4.74 Å². The first-order valence-corrected chi connectivity index (χ1v) is 9.31. The van der Waals surface area contributed by atoms with Gasteiger partial charge in [-0.15, -0.1) is 0 Å². The van der Waals surface area contributed by atoms with Gasteiger partial charge in [-0.05, 0) is 37.0 Å². The molecule has 2 aromatic heterocycles. The van der Waals surface area contributed by atoms with E-state index in [1.165, 1.54) is 6.20 Å². The molecular weight excluding hydrogens is 358 g/mol. The van der Waals surface area contributed by atoms with Crippen molar-refractivity contribution >= 4 is 22.8 Å². The van der Waals surface area contributed by atoms with Crippen molar-refractivity contribution in [2.75, 3.05) is 0 Å². The summed E-state index contributed by atoms with van der Waals surface area (Å²) in [6.07, 6.45) is 6.73. The molecule has 7 heteroatoms. The number of fused-ring (bicyclic) bond motifs is 1. The predicted molar refractivity (Wildman–Crippen MR) is 103 cm³/mol. The number of aliphatic carboxylic acids is 1. The molecular formula is C21H21N3O4. The maximum Gasteiger partial charge on any atom is 0.326 e. The van der Waals surface area contributed by atoms with Gasteiger partial charge in [-0.3, -0.25) is 4.79 Å². The highest BCUT2D eigenvalue weighted by Gasteiger charge is 2.24. The maximum atomic E-state index is 12.6. The van der Waals surface area contributed by atoms with Crippen molar-refractivity contribution in [3.8, 4) is 5.88 Å². The topological polar surface area (TPSA) is 104 Å². The van der Waals surface area contributed by atoms with Crippen LogP contribution in [0.3, 0.4) is 0 Å². The monoisotopic (exact) mass is 379 g/mol. The fourth-order valence-corrected chi connectivity index (χ4v) is 3.24. The summed E-state index contributed by atoms with van der Waals surface area (Å²) in [4.78, 5) is 31.6. The zero-order valence-electron chi connectivity index (χ0n) is 15.2. The number of hydrogen-bond acceptors (Lipinski definition) is 4. The number of carboxylic acids is 1. The van der Waals surface area contributed by atoms with Crippen LogP contribution in [-0.2, 0) is 11.2 Å². The number of hydrogen-bond donors (Lipinski definition) is 3. The number of para-hydroxylation sites is 1. The van der Waals surface area contributed by atoms with Gasteiger partial charge in [0.25, 0.3) is 5.91 Å². The van der Waals surface area contributed by atoms with Crippen LogP contribution in [0.15, 0.2) is 48.8 Å². The fraction of sp³-hybridized carbons (Fsp3) is 0.286. The van der Waals surface area contributed by atoms with E-state index >= 15 is 0 Å². The average molecular weight is 379 g/mol. The summed E-state index contributed by atoms with van der Waals surface area (Å²) in [5.74, 6) is -1.16. The van der Waals surface area contributed by atoms with Crippen LogP contribution in [-0.4, -0.2) is 39.1 Å². The van der Waals surface area contributed by atoms with E-state index < -0.39 is 17.9 Å². The molecule has 2 heterocycles. The van der Waals surface area contributed by atoms with E-state index in [9.17, 15) is 14.7 Å². The number of H-pyrrole nitrogens is 1. The Balaban J connectivity index is 1.47. The van der Waals surface area contributed by atoms with Gasteiger partial charge in [0.1, 0.15) is 12.1 Å². The maximum absolute atomic E-state index is 12.6. The summed E-state index contributed by atoms with van der Waals surface area (Å²) in [6, 6.07) is 9.71. The van der Waals surface area contributed by atoms with Gasteiger partial charge in [0.05, 0.1) is 0 Å². The molecule has 0 saturated heterocycles. The van der Waals surface area contributed by atoms with Crippen molar-refractivity contribution in [3.05, 3.63) is 59.9 Å². The van der Waals surface area contributed by atoms with Crippen molar-refractivity contribution in [3.63, 3.8) is 0 Å². The lowest BCUT2D eigenvalue weighted by Crippen LogP contribution is -2.42. The van der Waals surface area contributed by atoms with Crippen LogP contribution < -0.4 is 10.1 Å². The molecule has 1 aliphatic carbocycles. The molecule has 1 fully saturated rings. The summed E-state index contributed by atoms with van der Waals surface area (Å²) < 4.78 is 5.72. The van der Waals surface area contributed by atoms with Gasteiger partial charge in [-0.25, -0.2) is 9.78 Å². The van der Waals surface area contributed by atoms with E-state index in [1.54, 1.807) is 18.3 Å². The number of nitrogens with zero attached hydrogens (tertiary/aromatic N) is 1. The minimum absolute atomic E-state index is 0.152. The highest BCUT2D eigenvalue weighted by atomic mass is 16.5. The lowest BCUT2D eigenvalue weighted by Gasteiger charge is -2.25. The molecule has 0 bridgehead atoms. The molecule has 0 radical (unpaired) electrons. The van der Waals surface area contributed by atoms with Gasteiger partial charge in [0.2, 0.25) is 5.88 Å². The Bertz CT molecular complexity index is 1010. The van der Waals surface area contributed by atoms with E-state index in [1.807, 2.05) is 24.3 Å². The second-order valence-electron chi connectivity index (χ2n) is 6.98. The third-order valence-electron chi connectivity index (χ3n) is 5.04. The molecule has 0 spiro atoms. The lowest BCUT2D eigenvalue weighted by molar-refractivity contribution is -0.139. The highest BCUT2D eigenvalue weighted by molar-refractivity contribution is 5.97. The Morgan fingerprint density at radius 3 is 2.86 bits per heavy atom. The molecule has 1 amide bonds. The molecule has 1 atom stereocenters. The van der Waals surface area contributed by atoms with E-state index in [-0.39, 0.29) is 12.5 Å². The molecule has 1 unspecified atom stereocenters. The van der Waals surface area contributed by atoms with Crippen LogP contribution in [0, 0.1) is 0 Å². The summed E-state index contributed by atoms with van der Waals surface area (Å²) in [7, 11) is 0. The van der Waals surface area contributed by atoms with Crippen LogP contribution >= 0.6 is 0 Å². The third-order valence-corrected chi connectivity index (χ3v) is 5.04. The first-order chi connectivity index (χ1) is 13.6. The van der Waals surface area contributed by atoms with Crippen LogP contribution in [0.4, 0.5) is 0 Å². The largest absolute Gasteiger partial charge is 0.480 e. The number of benzene rings is 1. The van der Waals surface area contributed by atoms with Crippen molar-refractivity contribution in [2.45, 2.75) is 37.8 Å². The number of carbonyl (C=O) groups excluding carboxylic acids is 1.